The molecule has 1 aliphatic rings. The van der Waals surface area contributed by atoms with E-state index in [1.54, 1.807) is 6.92 Å². The molecule has 1 atom stereocenters. The third-order valence-corrected chi connectivity index (χ3v) is 2.14. The number of ether oxygens (including phenoxy) is 1. The topological polar surface area (TPSA) is 55.0 Å². The van der Waals surface area contributed by atoms with Gasteiger partial charge in [0, 0.05) is 12.7 Å². The molecule has 1 aromatic heterocycles. The number of hydrogen-bond donors (Lipinski definition) is 1. The summed E-state index contributed by atoms with van der Waals surface area (Å²) in [7, 11) is 0. The summed E-state index contributed by atoms with van der Waals surface area (Å²) in [6, 6.07) is 1.52. The van der Waals surface area contributed by atoms with Gasteiger partial charge in [0.25, 0.3) is 5.56 Å². The summed E-state index contributed by atoms with van der Waals surface area (Å²) in [4.78, 5) is 18.0. The van der Waals surface area contributed by atoms with E-state index in [-0.39, 0.29) is 11.7 Å². The quantitative estimate of drug-likeness (QED) is 0.699. The van der Waals surface area contributed by atoms with Crippen LogP contribution in [-0.4, -0.2) is 16.6 Å². The summed E-state index contributed by atoms with van der Waals surface area (Å²) in [6.07, 6.45) is 2.05. The van der Waals surface area contributed by atoms with Gasteiger partial charge < -0.3 is 9.72 Å². The first-order chi connectivity index (χ1) is 6.25. The predicted octanol–water partition coefficient (Wildman–Crippen LogP) is 0.930. The first kappa shape index (κ1) is 8.44. The van der Waals surface area contributed by atoms with E-state index in [1.165, 1.54) is 6.07 Å². The number of aromatic nitrogens is 2. The lowest BCUT2D eigenvalue weighted by Gasteiger charge is -2.07. The van der Waals surface area contributed by atoms with Crippen molar-refractivity contribution in [2.75, 3.05) is 6.61 Å². The molecule has 1 aromatic rings. The highest BCUT2D eigenvalue weighted by Crippen LogP contribution is 2.25. The van der Waals surface area contributed by atoms with Crippen molar-refractivity contribution in [3.8, 4) is 0 Å². The Hall–Kier alpha value is -1.16. The Morgan fingerprint density at radius 3 is 3.15 bits per heavy atom. The molecule has 1 fully saturated rings. The molecule has 2 rings (SSSR count). The first-order valence-corrected chi connectivity index (χ1v) is 4.45. The molecule has 13 heavy (non-hydrogen) atoms. The molecule has 0 spiro atoms. The van der Waals surface area contributed by atoms with Crippen molar-refractivity contribution in [1.29, 1.82) is 0 Å². The summed E-state index contributed by atoms with van der Waals surface area (Å²) in [5.41, 5.74) is 0.664. The van der Waals surface area contributed by atoms with Crippen LogP contribution < -0.4 is 5.56 Å². The second kappa shape index (κ2) is 3.30. The number of aryl methyl sites for hydroxylation is 1. The van der Waals surface area contributed by atoms with Crippen LogP contribution in [0.4, 0.5) is 0 Å². The first-order valence-electron chi connectivity index (χ1n) is 4.45. The molecule has 1 N–H and O–H groups in total. The summed E-state index contributed by atoms with van der Waals surface area (Å²) in [5, 5.41) is 0. The molecule has 0 saturated carbocycles. The number of H-pyrrole nitrogens is 1. The van der Waals surface area contributed by atoms with Gasteiger partial charge in [-0.3, -0.25) is 4.79 Å². The fourth-order valence-corrected chi connectivity index (χ4v) is 1.58. The normalized spacial score (nSPS) is 22.1. The lowest BCUT2D eigenvalue weighted by Crippen LogP contribution is -2.12. The number of nitrogens with one attached hydrogen (secondary N) is 1. The van der Waals surface area contributed by atoms with Gasteiger partial charge >= 0.3 is 0 Å². The second-order valence-corrected chi connectivity index (χ2v) is 3.26. The van der Waals surface area contributed by atoms with Gasteiger partial charge in [-0.1, -0.05) is 0 Å². The van der Waals surface area contributed by atoms with E-state index in [0.29, 0.717) is 5.82 Å². The van der Waals surface area contributed by atoms with Crippen LogP contribution in [0.15, 0.2) is 10.9 Å². The SMILES string of the molecule is Cc1nc([C@@H]2CCCO2)cc(=O)[nH]1. The molecule has 0 aromatic carbocycles. The number of aromatic amines is 1. The molecule has 1 aliphatic heterocycles. The van der Waals surface area contributed by atoms with Crippen molar-refractivity contribution in [3.05, 3.63) is 27.9 Å². The zero-order valence-corrected chi connectivity index (χ0v) is 7.54. The Balaban J connectivity index is 2.33. The van der Waals surface area contributed by atoms with Crippen molar-refractivity contribution in [2.24, 2.45) is 0 Å². The van der Waals surface area contributed by atoms with Gasteiger partial charge in [-0.2, -0.15) is 0 Å². The van der Waals surface area contributed by atoms with Gasteiger partial charge in [-0.15, -0.1) is 0 Å². The van der Waals surface area contributed by atoms with E-state index in [2.05, 4.69) is 9.97 Å². The second-order valence-electron chi connectivity index (χ2n) is 3.26. The summed E-state index contributed by atoms with van der Waals surface area (Å²) >= 11 is 0. The monoisotopic (exact) mass is 180 g/mol. The zero-order valence-electron chi connectivity index (χ0n) is 7.54. The van der Waals surface area contributed by atoms with Crippen LogP contribution in [-0.2, 0) is 4.74 Å². The maximum atomic E-state index is 11.1. The van der Waals surface area contributed by atoms with Crippen molar-refractivity contribution >= 4 is 0 Å². The Morgan fingerprint density at radius 2 is 2.54 bits per heavy atom. The molecular weight excluding hydrogens is 168 g/mol. The minimum absolute atomic E-state index is 0.0287. The predicted molar refractivity (Wildman–Crippen MR) is 47.5 cm³/mol. The molecule has 0 unspecified atom stereocenters. The maximum Gasteiger partial charge on any atom is 0.251 e. The van der Waals surface area contributed by atoms with Gasteiger partial charge in [-0.25, -0.2) is 4.98 Å². The molecule has 4 heteroatoms. The third kappa shape index (κ3) is 1.78. The molecule has 2 heterocycles. The van der Waals surface area contributed by atoms with Crippen LogP contribution in [0.1, 0.15) is 30.5 Å². The Bertz CT molecular complexity index is 353. The molecule has 70 valence electrons. The zero-order chi connectivity index (χ0) is 9.26. The van der Waals surface area contributed by atoms with Gasteiger partial charge in [0.2, 0.25) is 0 Å². The van der Waals surface area contributed by atoms with Gasteiger partial charge in [0.1, 0.15) is 5.82 Å². The van der Waals surface area contributed by atoms with Crippen molar-refractivity contribution in [3.63, 3.8) is 0 Å². The van der Waals surface area contributed by atoms with Crippen molar-refractivity contribution in [1.82, 2.24) is 9.97 Å². The molecule has 1 saturated heterocycles. The average Bonchev–Trinajstić information content (AvgIpc) is 2.53. The van der Waals surface area contributed by atoms with Gasteiger partial charge in [0.15, 0.2) is 0 Å². The maximum absolute atomic E-state index is 11.1. The number of rotatable bonds is 1. The van der Waals surface area contributed by atoms with E-state index < -0.39 is 0 Å². The van der Waals surface area contributed by atoms with E-state index in [9.17, 15) is 4.79 Å². The summed E-state index contributed by atoms with van der Waals surface area (Å²) < 4.78 is 5.43. The van der Waals surface area contributed by atoms with Crippen LogP contribution in [0.3, 0.4) is 0 Å². The molecule has 0 amide bonds. The van der Waals surface area contributed by atoms with Crippen LogP contribution in [0.2, 0.25) is 0 Å². The van der Waals surface area contributed by atoms with Crippen LogP contribution in [0.5, 0.6) is 0 Å². The largest absolute Gasteiger partial charge is 0.372 e. The molecule has 0 aliphatic carbocycles. The molecule has 0 bridgehead atoms. The standard InChI is InChI=1S/C9H12N2O2/c1-6-10-7(5-9(12)11-6)8-3-2-4-13-8/h5,8H,2-4H2,1H3,(H,10,11,12)/t8-/m0/s1. The Kier molecular flexibility index (Phi) is 2.14. The number of nitrogens with zero attached hydrogens (tertiary/aromatic N) is 1. The van der Waals surface area contributed by atoms with Gasteiger partial charge in [0.05, 0.1) is 11.8 Å². The third-order valence-electron chi connectivity index (χ3n) is 2.14. The molecular formula is C9H12N2O2. The Labute approximate surface area is 76.0 Å². The van der Waals surface area contributed by atoms with Crippen molar-refractivity contribution in [2.45, 2.75) is 25.9 Å². The molecule has 4 nitrogen and oxygen atoms in total. The van der Waals surface area contributed by atoms with E-state index in [0.717, 1.165) is 25.1 Å². The highest BCUT2D eigenvalue weighted by Gasteiger charge is 2.19. The van der Waals surface area contributed by atoms with Crippen LogP contribution >= 0.6 is 0 Å². The van der Waals surface area contributed by atoms with E-state index >= 15 is 0 Å². The van der Waals surface area contributed by atoms with E-state index in [4.69, 9.17) is 4.74 Å². The highest BCUT2D eigenvalue weighted by atomic mass is 16.5. The average molecular weight is 180 g/mol. The molecule has 0 radical (unpaired) electrons. The smallest absolute Gasteiger partial charge is 0.251 e. The van der Waals surface area contributed by atoms with Crippen LogP contribution in [0.25, 0.3) is 0 Å². The summed E-state index contributed by atoms with van der Waals surface area (Å²) in [5.74, 6) is 0.651. The summed E-state index contributed by atoms with van der Waals surface area (Å²) in [6.45, 7) is 2.55. The van der Waals surface area contributed by atoms with Crippen LogP contribution in [0, 0.1) is 6.92 Å². The Morgan fingerprint density at radius 1 is 1.69 bits per heavy atom. The minimum atomic E-state index is -0.0991. The van der Waals surface area contributed by atoms with E-state index in [1.807, 2.05) is 0 Å². The van der Waals surface area contributed by atoms with Gasteiger partial charge in [-0.05, 0) is 19.8 Å². The fraction of sp³-hybridized carbons (Fsp3) is 0.556. The fourth-order valence-electron chi connectivity index (χ4n) is 1.58. The highest BCUT2D eigenvalue weighted by molar-refractivity contribution is 5.06. The lowest BCUT2D eigenvalue weighted by molar-refractivity contribution is 0.108. The van der Waals surface area contributed by atoms with Crippen molar-refractivity contribution < 1.29 is 4.74 Å². The lowest BCUT2D eigenvalue weighted by atomic mass is 10.2. The number of hydrogen-bond acceptors (Lipinski definition) is 3. The minimum Gasteiger partial charge on any atom is -0.372 e.